The number of hydrogen-bond donors (Lipinski definition) is 0. The number of carbonyl (C=O) groups excluding carboxylic acids is 1. The summed E-state index contributed by atoms with van der Waals surface area (Å²) in [5.74, 6) is 0.776. The van der Waals surface area contributed by atoms with E-state index in [0.29, 0.717) is 17.0 Å². The van der Waals surface area contributed by atoms with E-state index in [1.54, 1.807) is 16.7 Å². The van der Waals surface area contributed by atoms with Crippen LogP contribution in [0.2, 0.25) is 0 Å². The fourth-order valence-electron chi connectivity index (χ4n) is 3.41. The van der Waals surface area contributed by atoms with Crippen molar-refractivity contribution < 1.29 is 13.9 Å². The second kappa shape index (κ2) is 7.91. The summed E-state index contributed by atoms with van der Waals surface area (Å²) in [6, 6.07) is 11.3. The molecule has 0 saturated heterocycles. The predicted molar refractivity (Wildman–Crippen MR) is 117 cm³/mol. The molecule has 30 heavy (non-hydrogen) atoms. The van der Waals surface area contributed by atoms with Crippen LogP contribution < -0.4 is 5.56 Å². The first-order valence-corrected chi connectivity index (χ1v) is 10.5. The van der Waals surface area contributed by atoms with Crippen LogP contribution in [-0.2, 0) is 11.3 Å². The van der Waals surface area contributed by atoms with Gasteiger partial charge in [-0.15, -0.1) is 11.3 Å². The molecule has 0 bridgehead atoms. The molecule has 0 amide bonds. The molecular formula is C23H22N2O4S. The van der Waals surface area contributed by atoms with Crippen molar-refractivity contribution in [2.24, 2.45) is 0 Å². The topological polar surface area (TPSA) is 74.3 Å². The maximum atomic E-state index is 13.6. The molecule has 1 aromatic carbocycles. The van der Waals surface area contributed by atoms with Crippen molar-refractivity contribution >= 4 is 27.5 Å². The summed E-state index contributed by atoms with van der Waals surface area (Å²) in [6.45, 7) is 6.22. The highest BCUT2D eigenvalue weighted by molar-refractivity contribution is 7.17. The Morgan fingerprint density at radius 1 is 1.20 bits per heavy atom. The molecule has 0 N–H and O–H groups in total. The van der Waals surface area contributed by atoms with Crippen molar-refractivity contribution in [2.45, 2.75) is 33.2 Å². The van der Waals surface area contributed by atoms with Gasteiger partial charge in [0.25, 0.3) is 5.56 Å². The molecule has 0 spiro atoms. The zero-order valence-corrected chi connectivity index (χ0v) is 18.1. The summed E-state index contributed by atoms with van der Waals surface area (Å²) in [5.41, 5.74) is 2.92. The minimum Gasteiger partial charge on any atom is -0.463 e. The van der Waals surface area contributed by atoms with Gasteiger partial charge in [0, 0.05) is 16.9 Å². The smallest absolute Gasteiger partial charge is 0.373 e. The van der Waals surface area contributed by atoms with Gasteiger partial charge in [-0.2, -0.15) is 0 Å². The Morgan fingerprint density at radius 3 is 2.60 bits per heavy atom. The summed E-state index contributed by atoms with van der Waals surface area (Å²) in [7, 11) is 1.30. The number of methoxy groups -OCH3 is 1. The number of carbonyl (C=O) groups is 1. The first-order chi connectivity index (χ1) is 14.4. The van der Waals surface area contributed by atoms with Gasteiger partial charge in [0.05, 0.1) is 19.0 Å². The summed E-state index contributed by atoms with van der Waals surface area (Å²) < 4.78 is 11.9. The fourth-order valence-corrected chi connectivity index (χ4v) is 4.35. The van der Waals surface area contributed by atoms with E-state index in [4.69, 9.17) is 14.1 Å². The number of benzene rings is 1. The molecule has 0 aliphatic rings. The lowest BCUT2D eigenvalue weighted by Crippen LogP contribution is -2.26. The quantitative estimate of drug-likeness (QED) is 0.424. The van der Waals surface area contributed by atoms with Crippen LogP contribution in [0, 0.1) is 6.92 Å². The number of furan rings is 1. The number of aromatic nitrogens is 2. The Hall–Kier alpha value is -3.19. The number of fused-ring (bicyclic) bond motifs is 1. The third-order valence-electron chi connectivity index (χ3n) is 4.96. The Morgan fingerprint density at radius 2 is 1.93 bits per heavy atom. The molecule has 7 heteroatoms. The van der Waals surface area contributed by atoms with Gasteiger partial charge in [0.2, 0.25) is 5.76 Å². The monoisotopic (exact) mass is 422 g/mol. The van der Waals surface area contributed by atoms with Gasteiger partial charge in [0.15, 0.2) is 0 Å². The first kappa shape index (κ1) is 20.1. The second-order valence-electron chi connectivity index (χ2n) is 7.47. The number of nitrogens with zero attached hydrogens (tertiary/aromatic N) is 2. The van der Waals surface area contributed by atoms with Gasteiger partial charge in [-0.05, 0) is 24.6 Å². The first-order valence-electron chi connectivity index (χ1n) is 9.65. The predicted octanol–water partition coefficient (Wildman–Crippen LogP) is 4.98. The zero-order chi connectivity index (χ0) is 21.4. The molecule has 3 aromatic heterocycles. The van der Waals surface area contributed by atoms with Gasteiger partial charge in [-0.3, -0.25) is 9.36 Å². The fraction of sp³-hybridized carbons (Fsp3) is 0.261. The molecule has 0 saturated carbocycles. The molecule has 6 nitrogen and oxygen atoms in total. The molecule has 4 aromatic rings. The van der Waals surface area contributed by atoms with Crippen LogP contribution in [0.25, 0.3) is 21.3 Å². The van der Waals surface area contributed by atoms with E-state index in [1.165, 1.54) is 18.4 Å². The number of esters is 1. The van der Waals surface area contributed by atoms with Crippen LogP contribution in [0.15, 0.2) is 51.0 Å². The van der Waals surface area contributed by atoms with Gasteiger partial charge in [-0.1, -0.05) is 43.7 Å². The van der Waals surface area contributed by atoms with E-state index in [9.17, 15) is 9.59 Å². The van der Waals surface area contributed by atoms with Crippen molar-refractivity contribution in [1.29, 1.82) is 0 Å². The number of thiophene rings is 1. The van der Waals surface area contributed by atoms with Gasteiger partial charge >= 0.3 is 5.97 Å². The van der Waals surface area contributed by atoms with E-state index in [0.717, 1.165) is 21.5 Å². The Kier molecular flexibility index (Phi) is 5.30. The second-order valence-corrected chi connectivity index (χ2v) is 8.33. The van der Waals surface area contributed by atoms with Crippen LogP contribution >= 0.6 is 11.3 Å². The zero-order valence-electron chi connectivity index (χ0n) is 17.3. The molecule has 0 radical (unpaired) electrons. The highest BCUT2D eigenvalue weighted by atomic mass is 32.1. The number of hydrogen-bond acceptors (Lipinski definition) is 6. The summed E-state index contributed by atoms with van der Waals surface area (Å²) in [4.78, 5) is 30.8. The largest absolute Gasteiger partial charge is 0.463 e. The lowest BCUT2D eigenvalue weighted by molar-refractivity contribution is 0.0563. The number of rotatable bonds is 5. The lowest BCUT2D eigenvalue weighted by atomic mass is 10.0. The summed E-state index contributed by atoms with van der Waals surface area (Å²) in [5, 5.41) is 2.59. The average molecular weight is 423 g/mol. The minimum absolute atomic E-state index is 0.0436. The minimum atomic E-state index is -0.550. The Labute approximate surface area is 177 Å². The van der Waals surface area contributed by atoms with Crippen molar-refractivity contribution in [3.05, 3.63) is 75.0 Å². The molecular weight excluding hydrogens is 400 g/mol. The average Bonchev–Trinajstić information content (AvgIpc) is 3.37. The molecule has 0 unspecified atom stereocenters. The van der Waals surface area contributed by atoms with Crippen molar-refractivity contribution in [3.63, 3.8) is 0 Å². The van der Waals surface area contributed by atoms with Crippen LogP contribution in [0.5, 0.6) is 0 Å². The molecule has 3 heterocycles. The standard InChI is InChI=1S/C23H22N2O4S/c1-13(2)20-24-21-19(17(12-30-21)15-7-5-14(3)6-8-15)22(26)25(20)11-16-9-10-18(29-16)23(27)28-4/h5-10,12-13H,11H2,1-4H3. The number of aryl methyl sites for hydroxylation is 1. The van der Waals surface area contributed by atoms with Gasteiger partial charge in [-0.25, -0.2) is 9.78 Å². The molecule has 0 aliphatic heterocycles. The molecule has 154 valence electrons. The van der Waals surface area contributed by atoms with Crippen LogP contribution in [0.3, 0.4) is 0 Å². The maximum Gasteiger partial charge on any atom is 0.373 e. The molecule has 4 rings (SSSR count). The highest BCUT2D eigenvalue weighted by Gasteiger charge is 2.20. The van der Waals surface area contributed by atoms with E-state index in [-0.39, 0.29) is 23.8 Å². The molecule has 0 fully saturated rings. The van der Waals surface area contributed by atoms with Crippen LogP contribution in [0.4, 0.5) is 0 Å². The SMILES string of the molecule is COC(=O)c1ccc(Cn2c(C(C)C)nc3scc(-c4ccc(C)cc4)c3c2=O)o1. The van der Waals surface area contributed by atoms with Crippen LogP contribution in [-0.4, -0.2) is 22.6 Å². The maximum absolute atomic E-state index is 13.6. The van der Waals surface area contributed by atoms with Gasteiger partial charge < -0.3 is 9.15 Å². The molecule has 0 aliphatic carbocycles. The third-order valence-corrected chi connectivity index (χ3v) is 5.84. The summed E-state index contributed by atoms with van der Waals surface area (Å²) >= 11 is 1.48. The van der Waals surface area contributed by atoms with E-state index >= 15 is 0 Å². The van der Waals surface area contributed by atoms with E-state index < -0.39 is 5.97 Å². The van der Waals surface area contributed by atoms with Crippen molar-refractivity contribution in [1.82, 2.24) is 9.55 Å². The summed E-state index contributed by atoms with van der Waals surface area (Å²) in [6.07, 6.45) is 0. The number of ether oxygens (including phenoxy) is 1. The lowest BCUT2D eigenvalue weighted by Gasteiger charge is -2.14. The van der Waals surface area contributed by atoms with Gasteiger partial charge in [0.1, 0.15) is 16.4 Å². The van der Waals surface area contributed by atoms with E-state index in [2.05, 4.69) is 0 Å². The third kappa shape index (κ3) is 3.57. The highest BCUT2D eigenvalue weighted by Crippen LogP contribution is 2.32. The van der Waals surface area contributed by atoms with Crippen molar-refractivity contribution in [3.8, 4) is 11.1 Å². The van der Waals surface area contributed by atoms with E-state index in [1.807, 2.05) is 50.4 Å². The normalized spacial score (nSPS) is 11.4. The Balaban J connectivity index is 1.86. The van der Waals surface area contributed by atoms with Crippen LogP contribution in [0.1, 0.15) is 47.5 Å². The Bertz CT molecular complexity index is 1280. The van der Waals surface area contributed by atoms with Crippen molar-refractivity contribution in [2.75, 3.05) is 7.11 Å². The molecule has 0 atom stereocenters.